The number of H-pyrrole nitrogens is 1. The van der Waals surface area contributed by atoms with E-state index < -0.39 is 0 Å². The first-order valence-corrected chi connectivity index (χ1v) is 9.27. The Kier molecular flexibility index (Phi) is 4.37. The molecule has 4 rings (SSSR count). The third kappa shape index (κ3) is 3.29. The minimum absolute atomic E-state index is 0.00711. The molecule has 1 heterocycles. The van der Waals surface area contributed by atoms with Crippen LogP contribution in [-0.2, 0) is 0 Å². The average Bonchev–Trinajstić information content (AvgIpc) is 3.07. The first-order chi connectivity index (χ1) is 12.6. The zero-order valence-electron chi connectivity index (χ0n) is 15.0. The molecule has 1 fully saturated rings. The second kappa shape index (κ2) is 6.83. The molecule has 1 aromatic heterocycles. The number of hydrogen-bond donors (Lipinski definition) is 3. The van der Waals surface area contributed by atoms with Gasteiger partial charge in [0.05, 0.1) is 11.0 Å². The van der Waals surface area contributed by atoms with Crippen molar-refractivity contribution < 1.29 is 4.79 Å². The molecule has 2 aromatic carbocycles. The molecule has 4 N–H and O–H groups in total. The summed E-state index contributed by atoms with van der Waals surface area (Å²) in [6.45, 7) is 2.22. The van der Waals surface area contributed by atoms with Gasteiger partial charge in [-0.15, -0.1) is 0 Å². The van der Waals surface area contributed by atoms with Crippen LogP contribution in [-0.4, -0.2) is 21.9 Å². The van der Waals surface area contributed by atoms with Crippen LogP contribution >= 0.6 is 0 Å². The van der Waals surface area contributed by atoms with Gasteiger partial charge in [0.25, 0.3) is 5.91 Å². The van der Waals surface area contributed by atoms with E-state index in [1.54, 1.807) is 0 Å². The van der Waals surface area contributed by atoms with Crippen molar-refractivity contribution in [3.63, 3.8) is 0 Å². The van der Waals surface area contributed by atoms with Crippen molar-refractivity contribution in [2.75, 3.05) is 5.73 Å². The molecule has 0 bridgehead atoms. The summed E-state index contributed by atoms with van der Waals surface area (Å²) in [4.78, 5) is 20.4. The van der Waals surface area contributed by atoms with E-state index >= 15 is 0 Å². The van der Waals surface area contributed by atoms with E-state index in [2.05, 4.69) is 22.2 Å². The summed E-state index contributed by atoms with van der Waals surface area (Å²) in [5.41, 5.74) is 9.95. The van der Waals surface area contributed by atoms with Crippen LogP contribution < -0.4 is 11.1 Å². The lowest BCUT2D eigenvalue weighted by Crippen LogP contribution is -2.41. The normalized spacial score (nSPS) is 20.2. The molecule has 3 aromatic rings. The number of aromatic nitrogens is 2. The number of rotatable bonds is 3. The Balaban J connectivity index is 1.51. The van der Waals surface area contributed by atoms with Crippen LogP contribution in [0.5, 0.6) is 0 Å². The molecule has 1 aliphatic rings. The minimum atomic E-state index is 0.00711. The molecule has 134 valence electrons. The molecule has 0 saturated heterocycles. The van der Waals surface area contributed by atoms with Gasteiger partial charge < -0.3 is 16.0 Å². The van der Waals surface area contributed by atoms with E-state index in [9.17, 15) is 4.79 Å². The van der Waals surface area contributed by atoms with E-state index in [1.165, 1.54) is 19.3 Å². The number of carbonyl (C=O) groups is 1. The van der Waals surface area contributed by atoms with Gasteiger partial charge in [0, 0.05) is 22.9 Å². The molecule has 0 aliphatic heterocycles. The summed E-state index contributed by atoms with van der Waals surface area (Å²) in [5, 5.41) is 3.20. The Morgan fingerprint density at radius 3 is 2.69 bits per heavy atom. The third-order valence-corrected chi connectivity index (χ3v) is 5.35. The zero-order valence-corrected chi connectivity index (χ0v) is 15.0. The molecule has 1 saturated carbocycles. The molecule has 5 heteroatoms. The number of nitrogen functional groups attached to an aromatic ring is 1. The van der Waals surface area contributed by atoms with Crippen molar-refractivity contribution in [2.45, 2.75) is 38.6 Å². The van der Waals surface area contributed by atoms with Crippen molar-refractivity contribution in [3.05, 3.63) is 48.0 Å². The number of nitrogens with two attached hydrogens (primary N) is 1. The van der Waals surface area contributed by atoms with Crippen molar-refractivity contribution in [1.29, 1.82) is 0 Å². The average molecular weight is 348 g/mol. The minimum Gasteiger partial charge on any atom is -0.399 e. The second-order valence-electron chi connectivity index (χ2n) is 7.28. The smallest absolute Gasteiger partial charge is 0.251 e. The highest BCUT2D eigenvalue weighted by Gasteiger charge is 2.23. The molecule has 5 nitrogen and oxygen atoms in total. The van der Waals surface area contributed by atoms with E-state index in [-0.39, 0.29) is 11.9 Å². The van der Waals surface area contributed by atoms with Gasteiger partial charge in [-0.05, 0) is 49.1 Å². The highest BCUT2D eigenvalue weighted by Crippen LogP contribution is 2.25. The van der Waals surface area contributed by atoms with Gasteiger partial charge in [-0.25, -0.2) is 4.98 Å². The van der Waals surface area contributed by atoms with Gasteiger partial charge in [-0.1, -0.05) is 31.9 Å². The first-order valence-electron chi connectivity index (χ1n) is 9.27. The number of hydrogen-bond acceptors (Lipinski definition) is 3. The quantitative estimate of drug-likeness (QED) is 0.623. The van der Waals surface area contributed by atoms with Crippen LogP contribution in [0.25, 0.3) is 22.4 Å². The van der Waals surface area contributed by atoms with Crippen LogP contribution in [0.15, 0.2) is 42.5 Å². The maximum Gasteiger partial charge on any atom is 0.251 e. The first kappa shape index (κ1) is 16.6. The topological polar surface area (TPSA) is 83.8 Å². The molecular formula is C21H24N4O. The maximum atomic E-state index is 12.5. The SMILES string of the molecule is CC1CCCCC1NC(=O)c1ccc(-c2nc3ccc(N)cc3[nH]2)cc1. The monoisotopic (exact) mass is 348 g/mol. The van der Waals surface area contributed by atoms with E-state index in [0.29, 0.717) is 17.2 Å². The Morgan fingerprint density at radius 2 is 1.92 bits per heavy atom. The summed E-state index contributed by atoms with van der Waals surface area (Å²) in [6.07, 6.45) is 4.74. The largest absolute Gasteiger partial charge is 0.399 e. The van der Waals surface area contributed by atoms with E-state index in [0.717, 1.165) is 28.8 Å². The Morgan fingerprint density at radius 1 is 1.15 bits per heavy atom. The molecule has 2 atom stereocenters. The standard InChI is InChI=1S/C21H24N4O/c1-13-4-2-3-5-17(13)25-21(26)15-8-6-14(7-9-15)20-23-18-11-10-16(22)12-19(18)24-20/h6-13,17H,2-5,22H2,1H3,(H,23,24)(H,25,26). The number of aromatic amines is 1. The number of amides is 1. The summed E-state index contributed by atoms with van der Waals surface area (Å²) < 4.78 is 0. The van der Waals surface area contributed by atoms with Gasteiger partial charge in [-0.3, -0.25) is 4.79 Å². The summed E-state index contributed by atoms with van der Waals surface area (Å²) >= 11 is 0. The number of benzene rings is 2. The van der Waals surface area contributed by atoms with Gasteiger partial charge in [0.2, 0.25) is 0 Å². The molecule has 2 unspecified atom stereocenters. The van der Waals surface area contributed by atoms with Gasteiger partial charge in [-0.2, -0.15) is 0 Å². The molecule has 0 spiro atoms. The third-order valence-electron chi connectivity index (χ3n) is 5.35. The fraction of sp³-hybridized carbons (Fsp3) is 0.333. The van der Waals surface area contributed by atoms with Crippen LogP contribution in [0.1, 0.15) is 43.0 Å². The molecule has 0 radical (unpaired) electrons. The lowest BCUT2D eigenvalue weighted by atomic mass is 9.86. The maximum absolute atomic E-state index is 12.5. The highest BCUT2D eigenvalue weighted by molar-refractivity contribution is 5.95. The number of nitrogens with one attached hydrogen (secondary N) is 2. The second-order valence-corrected chi connectivity index (χ2v) is 7.28. The van der Waals surface area contributed by atoms with Crippen molar-refractivity contribution in [1.82, 2.24) is 15.3 Å². The number of anilines is 1. The van der Waals surface area contributed by atoms with Crippen molar-refractivity contribution in [3.8, 4) is 11.4 Å². The zero-order chi connectivity index (χ0) is 18.1. The van der Waals surface area contributed by atoms with E-state index in [1.807, 2.05) is 42.5 Å². The number of fused-ring (bicyclic) bond motifs is 1. The predicted octanol–water partition coefficient (Wildman–Crippen LogP) is 4.12. The van der Waals surface area contributed by atoms with Crippen LogP contribution in [0.4, 0.5) is 5.69 Å². The predicted molar refractivity (Wildman–Crippen MR) is 105 cm³/mol. The lowest BCUT2D eigenvalue weighted by molar-refractivity contribution is 0.0910. The summed E-state index contributed by atoms with van der Waals surface area (Å²) in [7, 11) is 0. The molecule has 26 heavy (non-hydrogen) atoms. The van der Waals surface area contributed by atoms with E-state index in [4.69, 9.17) is 5.73 Å². The van der Waals surface area contributed by atoms with Crippen LogP contribution in [0, 0.1) is 5.92 Å². The Bertz CT molecular complexity index is 929. The van der Waals surface area contributed by atoms with Crippen LogP contribution in [0.2, 0.25) is 0 Å². The highest BCUT2D eigenvalue weighted by atomic mass is 16.1. The van der Waals surface area contributed by atoms with Gasteiger partial charge >= 0.3 is 0 Å². The molecular weight excluding hydrogens is 324 g/mol. The molecule has 1 aliphatic carbocycles. The fourth-order valence-corrected chi connectivity index (χ4v) is 3.73. The van der Waals surface area contributed by atoms with Crippen molar-refractivity contribution in [2.24, 2.45) is 5.92 Å². The number of carbonyl (C=O) groups excluding carboxylic acids is 1. The fourth-order valence-electron chi connectivity index (χ4n) is 3.73. The lowest BCUT2D eigenvalue weighted by Gasteiger charge is -2.29. The number of nitrogens with zero attached hydrogens (tertiary/aromatic N) is 1. The Hall–Kier alpha value is -2.82. The summed E-state index contributed by atoms with van der Waals surface area (Å²) in [6, 6.07) is 13.5. The Labute approximate surface area is 153 Å². The van der Waals surface area contributed by atoms with Crippen molar-refractivity contribution >= 4 is 22.6 Å². The summed E-state index contributed by atoms with van der Waals surface area (Å²) in [5.74, 6) is 1.33. The van der Waals surface area contributed by atoms with Gasteiger partial charge in [0.15, 0.2) is 0 Å². The van der Waals surface area contributed by atoms with Gasteiger partial charge in [0.1, 0.15) is 5.82 Å². The van der Waals surface area contributed by atoms with Crippen LogP contribution in [0.3, 0.4) is 0 Å². The molecule has 1 amide bonds. The number of imidazole rings is 1.